The number of halogens is 1. The summed E-state index contributed by atoms with van der Waals surface area (Å²) in [5, 5.41) is 6.27. The van der Waals surface area contributed by atoms with E-state index >= 15 is 0 Å². The number of carbonyl (C=O) groups excluding carboxylic acids is 2. The summed E-state index contributed by atoms with van der Waals surface area (Å²) in [5.41, 5.74) is 2.44. The minimum atomic E-state index is -0.0133. The summed E-state index contributed by atoms with van der Waals surface area (Å²) >= 11 is 5.03. The molecule has 7 heteroatoms. The Balaban J connectivity index is 1.72. The summed E-state index contributed by atoms with van der Waals surface area (Å²) in [6.45, 7) is 4.25. The van der Waals surface area contributed by atoms with Crippen molar-refractivity contribution in [2.24, 2.45) is 0 Å². The van der Waals surface area contributed by atoms with Crippen molar-refractivity contribution in [3.8, 4) is 0 Å². The third-order valence-corrected chi connectivity index (χ3v) is 5.66. The zero-order valence-electron chi connectivity index (χ0n) is 15.1. The molecular formula is C19H24BrN3O2S. The van der Waals surface area contributed by atoms with Gasteiger partial charge in [0, 0.05) is 41.9 Å². The minimum Gasteiger partial charge on any atom is -0.356 e. The SMILES string of the molecule is CC(=O)NCCCCCC(=O)Nc1ncc(Cc2ccc(Br)c(C)c2)s1. The zero-order valence-corrected chi connectivity index (χ0v) is 17.5. The number of hydrogen-bond acceptors (Lipinski definition) is 4. The van der Waals surface area contributed by atoms with E-state index in [1.165, 1.54) is 29.4 Å². The summed E-state index contributed by atoms with van der Waals surface area (Å²) < 4.78 is 1.11. The molecule has 1 aromatic heterocycles. The molecule has 0 atom stereocenters. The highest BCUT2D eigenvalue weighted by molar-refractivity contribution is 9.10. The fraction of sp³-hybridized carbons (Fsp3) is 0.421. The number of benzene rings is 1. The predicted molar refractivity (Wildman–Crippen MR) is 110 cm³/mol. The molecule has 0 aliphatic heterocycles. The molecule has 0 unspecified atom stereocenters. The first-order valence-electron chi connectivity index (χ1n) is 8.68. The van der Waals surface area contributed by atoms with Gasteiger partial charge in [-0.1, -0.05) is 34.5 Å². The quantitative estimate of drug-likeness (QED) is 0.569. The van der Waals surface area contributed by atoms with Gasteiger partial charge in [0.25, 0.3) is 0 Å². The number of thiazole rings is 1. The van der Waals surface area contributed by atoms with Gasteiger partial charge in [0.15, 0.2) is 5.13 Å². The molecule has 0 radical (unpaired) electrons. The molecule has 140 valence electrons. The lowest BCUT2D eigenvalue weighted by molar-refractivity contribution is -0.119. The molecule has 2 N–H and O–H groups in total. The van der Waals surface area contributed by atoms with Crippen molar-refractivity contribution in [3.05, 3.63) is 44.9 Å². The van der Waals surface area contributed by atoms with Crippen LogP contribution in [-0.2, 0) is 16.0 Å². The third kappa shape index (κ3) is 7.25. The largest absolute Gasteiger partial charge is 0.356 e. The van der Waals surface area contributed by atoms with Crippen LogP contribution in [0.3, 0.4) is 0 Å². The Morgan fingerprint density at radius 2 is 2.04 bits per heavy atom. The summed E-state index contributed by atoms with van der Waals surface area (Å²) in [5.74, 6) is -0.0227. The van der Waals surface area contributed by atoms with Crippen LogP contribution in [0.4, 0.5) is 5.13 Å². The fourth-order valence-electron chi connectivity index (χ4n) is 2.50. The van der Waals surface area contributed by atoms with Crippen molar-refractivity contribution in [1.29, 1.82) is 0 Å². The van der Waals surface area contributed by atoms with E-state index < -0.39 is 0 Å². The molecule has 1 aromatic carbocycles. The van der Waals surface area contributed by atoms with Gasteiger partial charge < -0.3 is 10.6 Å². The molecule has 26 heavy (non-hydrogen) atoms. The monoisotopic (exact) mass is 437 g/mol. The molecule has 0 saturated carbocycles. The van der Waals surface area contributed by atoms with Crippen LogP contribution in [0, 0.1) is 6.92 Å². The second-order valence-electron chi connectivity index (χ2n) is 6.23. The Labute approximate surface area is 166 Å². The van der Waals surface area contributed by atoms with Crippen molar-refractivity contribution in [2.75, 3.05) is 11.9 Å². The Morgan fingerprint density at radius 1 is 1.23 bits per heavy atom. The smallest absolute Gasteiger partial charge is 0.226 e. The average molecular weight is 438 g/mol. The van der Waals surface area contributed by atoms with Gasteiger partial charge in [-0.2, -0.15) is 0 Å². The molecule has 2 amide bonds. The number of amides is 2. The second-order valence-corrected chi connectivity index (χ2v) is 8.20. The Morgan fingerprint density at radius 3 is 2.77 bits per heavy atom. The molecule has 0 bridgehead atoms. The number of hydrogen-bond donors (Lipinski definition) is 2. The van der Waals surface area contributed by atoms with Gasteiger partial charge in [-0.05, 0) is 37.0 Å². The number of nitrogens with one attached hydrogen (secondary N) is 2. The minimum absolute atomic E-state index is 0.00934. The second kappa shape index (κ2) is 10.4. The highest BCUT2D eigenvalue weighted by Crippen LogP contribution is 2.24. The summed E-state index contributed by atoms with van der Waals surface area (Å²) in [7, 11) is 0. The number of unbranched alkanes of at least 4 members (excludes halogenated alkanes) is 2. The average Bonchev–Trinajstić information content (AvgIpc) is 3.01. The molecule has 0 aliphatic rings. The highest BCUT2D eigenvalue weighted by Gasteiger charge is 2.08. The van der Waals surface area contributed by atoms with E-state index in [2.05, 4.69) is 56.7 Å². The summed E-state index contributed by atoms with van der Waals surface area (Å²) in [6, 6.07) is 6.30. The molecule has 1 heterocycles. The molecule has 0 aliphatic carbocycles. The van der Waals surface area contributed by atoms with Gasteiger partial charge in [-0.25, -0.2) is 4.98 Å². The molecule has 2 rings (SSSR count). The number of carbonyl (C=O) groups is 2. The van der Waals surface area contributed by atoms with Crippen LogP contribution in [0.1, 0.15) is 48.6 Å². The number of aromatic nitrogens is 1. The Bertz CT molecular complexity index is 761. The highest BCUT2D eigenvalue weighted by atomic mass is 79.9. The van der Waals surface area contributed by atoms with E-state index in [0.29, 0.717) is 18.1 Å². The van der Waals surface area contributed by atoms with Crippen molar-refractivity contribution >= 4 is 44.2 Å². The van der Waals surface area contributed by atoms with Gasteiger partial charge in [-0.3, -0.25) is 9.59 Å². The van der Waals surface area contributed by atoms with Crippen molar-refractivity contribution in [3.63, 3.8) is 0 Å². The molecule has 2 aromatic rings. The van der Waals surface area contributed by atoms with E-state index in [4.69, 9.17) is 0 Å². The molecular weight excluding hydrogens is 414 g/mol. The first kappa shape index (κ1) is 20.6. The van der Waals surface area contributed by atoms with Gasteiger partial charge in [0.05, 0.1) is 0 Å². The van der Waals surface area contributed by atoms with E-state index in [-0.39, 0.29) is 11.8 Å². The van der Waals surface area contributed by atoms with Crippen LogP contribution in [-0.4, -0.2) is 23.3 Å². The molecule has 0 saturated heterocycles. The molecule has 0 fully saturated rings. The van der Waals surface area contributed by atoms with E-state index in [0.717, 1.165) is 35.0 Å². The van der Waals surface area contributed by atoms with Gasteiger partial charge in [0.1, 0.15) is 0 Å². The van der Waals surface area contributed by atoms with E-state index in [1.807, 2.05) is 6.20 Å². The van der Waals surface area contributed by atoms with Crippen LogP contribution >= 0.6 is 27.3 Å². The first-order valence-corrected chi connectivity index (χ1v) is 10.3. The first-order chi connectivity index (χ1) is 12.4. The van der Waals surface area contributed by atoms with Crippen LogP contribution in [0.15, 0.2) is 28.9 Å². The zero-order chi connectivity index (χ0) is 18.9. The maximum atomic E-state index is 12.0. The summed E-state index contributed by atoms with van der Waals surface area (Å²) in [6.07, 6.45) is 5.72. The molecule has 5 nitrogen and oxygen atoms in total. The maximum absolute atomic E-state index is 12.0. The van der Waals surface area contributed by atoms with E-state index in [1.54, 1.807) is 0 Å². The lowest BCUT2D eigenvalue weighted by Gasteiger charge is -2.03. The van der Waals surface area contributed by atoms with Crippen LogP contribution in [0.25, 0.3) is 0 Å². The number of nitrogens with zero attached hydrogens (tertiary/aromatic N) is 1. The predicted octanol–water partition coefficient (Wildman–Crippen LogP) is 4.44. The maximum Gasteiger partial charge on any atom is 0.226 e. The third-order valence-electron chi connectivity index (χ3n) is 3.86. The van der Waals surface area contributed by atoms with Gasteiger partial charge in [0.2, 0.25) is 11.8 Å². The van der Waals surface area contributed by atoms with Crippen molar-refractivity contribution < 1.29 is 9.59 Å². The molecule has 0 spiro atoms. The lowest BCUT2D eigenvalue weighted by Crippen LogP contribution is -2.20. The van der Waals surface area contributed by atoms with Gasteiger partial charge >= 0.3 is 0 Å². The number of anilines is 1. The fourth-order valence-corrected chi connectivity index (χ4v) is 3.61. The van der Waals surface area contributed by atoms with Crippen LogP contribution < -0.4 is 10.6 Å². The number of rotatable bonds is 9. The van der Waals surface area contributed by atoms with Crippen molar-refractivity contribution in [1.82, 2.24) is 10.3 Å². The van der Waals surface area contributed by atoms with Crippen LogP contribution in [0.5, 0.6) is 0 Å². The van der Waals surface area contributed by atoms with Crippen molar-refractivity contribution in [2.45, 2.75) is 46.0 Å². The number of aryl methyl sites for hydroxylation is 1. The standard InChI is InChI=1S/C19H24BrN3O2S/c1-13-10-15(7-8-17(13)20)11-16-12-22-19(26-16)23-18(25)6-4-3-5-9-21-14(2)24/h7-8,10,12H,3-6,9,11H2,1-2H3,(H,21,24)(H,22,23,25). The Hall–Kier alpha value is -1.73. The Kier molecular flexibility index (Phi) is 8.25. The lowest BCUT2D eigenvalue weighted by atomic mass is 10.1. The normalized spacial score (nSPS) is 10.6. The van der Waals surface area contributed by atoms with Crippen LogP contribution in [0.2, 0.25) is 0 Å². The topological polar surface area (TPSA) is 71.1 Å². The summed E-state index contributed by atoms with van der Waals surface area (Å²) in [4.78, 5) is 28.2. The van der Waals surface area contributed by atoms with E-state index in [9.17, 15) is 9.59 Å². The van der Waals surface area contributed by atoms with Gasteiger partial charge in [-0.15, -0.1) is 11.3 Å².